The van der Waals surface area contributed by atoms with E-state index in [4.69, 9.17) is 10.5 Å². The Kier molecular flexibility index (Phi) is 5.12. The monoisotopic (exact) mass is 433 g/mol. The van der Waals surface area contributed by atoms with E-state index in [1.165, 1.54) is 18.5 Å². The van der Waals surface area contributed by atoms with Crippen LogP contribution >= 0.6 is 0 Å². The molecule has 9 nitrogen and oxygen atoms in total. The van der Waals surface area contributed by atoms with Crippen LogP contribution < -0.4 is 16.0 Å². The van der Waals surface area contributed by atoms with Gasteiger partial charge in [-0.05, 0) is 36.4 Å². The molecule has 0 unspecified atom stereocenters. The van der Waals surface area contributed by atoms with Crippen molar-refractivity contribution in [2.24, 2.45) is 5.73 Å². The number of halogens is 1. The number of carbonyl (C=O) groups excluding carboxylic acids is 1. The average Bonchev–Trinajstić information content (AvgIpc) is 3.30. The summed E-state index contributed by atoms with van der Waals surface area (Å²) >= 11 is 0. The van der Waals surface area contributed by atoms with Crippen LogP contribution in [-0.2, 0) is 4.74 Å². The number of nitrogens with one attached hydrogen (secondary N) is 1. The highest BCUT2D eigenvalue weighted by Crippen LogP contribution is 2.27. The molecule has 10 heteroatoms. The Morgan fingerprint density at radius 3 is 2.59 bits per heavy atom. The van der Waals surface area contributed by atoms with E-state index < -0.39 is 11.7 Å². The Bertz CT molecular complexity index is 1280. The second-order valence-electron chi connectivity index (χ2n) is 7.32. The number of amides is 1. The van der Waals surface area contributed by atoms with E-state index in [2.05, 4.69) is 25.3 Å². The number of rotatable bonds is 5. The number of primary amides is 1. The topological polar surface area (TPSA) is 111 Å². The minimum absolute atomic E-state index is 0.171. The molecule has 3 N–H and O–H groups in total. The van der Waals surface area contributed by atoms with E-state index >= 15 is 0 Å². The summed E-state index contributed by atoms with van der Waals surface area (Å²) in [6, 6.07) is 12.2. The Hall–Kier alpha value is -4.05. The summed E-state index contributed by atoms with van der Waals surface area (Å²) in [4.78, 5) is 22.3. The molecule has 4 aromatic rings. The second kappa shape index (κ2) is 8.23. The lowest BCUT2D eigenvalue weighted by molar-refractivity contribution is 0.0996. The molecule has 1 saturated heterocycles. The Morgan fingerprint density at radius 2 is 1.88 bits per heavy atom. The fourth-order valence-electron chi connectivity index (χ4n) is 3.69. The molecule has 32 heavy (non-hydrogen) atoms. The maximum atomic E-state index is 14.3. The lowest BCUT2D eigenvalue weighted by Crippen LogP contribution is -2.36. The highest BCUT2D eigenvalue weighted by Gasteiger charge is 2.15. The van der Waals surface area contributed by atoms with Gasteiger partial charge < -0.3 is 20.7 Å². The van der Waals surface area contributed by atoms with Gasteiger partial charge in [0, 0.05) is 30.0 Å². The normalized spacial score (nSPS) is 14.0. The first-order chi connectivity index (χ1) is 15.6. The van der Waals surface area contributed by atoms with Crippen molar-refractivity contribution in [3.05, 3.63) is 66.4 Å². The summed E-state index contributed by atoms with van der Waals surface area (Å²) in [5.74, 6) is -1.01. The third-order valence-electron chi connectivity index (χ3n) is 5.34. The molecule has 1 amide bonds. The zero-order chi connectivity index (χ0) is 22.1. The Labute approximate surface area is 182 Å². The molecule has 5 rings (SSSR count). The molecule has 0 spiro atoms. The number of benzene rings is 2. The first-order valence-corrected chi connectivity index (χ1v) is 10.1. The van der Waals surface area contributed by atoms with Crippen molar-refractivity contribution in [2.75, 3.05) is 36.5 Å². The van der Waals surface area contributed by atoms with E-state index in [0.717, 1.165) is 37.7 Å². The number of hydrogen-bond acceptors (Lipinski definition) is 7. The van der Waals surface area contributed by atoms with Gasteiger partial charge in [0.2, 0.25) is 0 Å². The van der Waals surface area contributed by atoms with Crippen molar-refractivity contribution < 1.29 is 13.9 Å². The van der Waals surface area contributed by atoms with Crippen molar-refractivity contribution in [3.63, 3.8) is 0 Å². The van der Waals surface area contributed by atoms with E-state index in [9.17, 15) is 9.18 Å². The van der Waals surface area contributed by atoms with Gasteiger partial charge in [-0.15, -0.1) is 0 Å². The van der Waals surface area contributed by atoms with Gasteiger partial charge in [0.1, 0.15) is 12.1 Å². The van der Waals surface area contributed by atoms with E-state index in [1.807, 2.05) is 24.3 Å². The van der Waals surface area contributed by atoms with Crippen molar-refractivity contribution in [1.82, 2.24) is 19.6 Å². The van der Waals surface area contributed by atoms with Gasteiger partial charge in [-0.1, -0.05) is 6.07 Å². The molecule has 1 fully saturated rings. The summed E-state index contributed by atoms with van der Waals surface area (Å²) in [7, 11) is 0. The number of fused-ring (bicyclic) bond motifs is 1. The maximum Gasteiger partial charge on any atom is 0.251 e. The molecular weight excluding hydrogens is 413 g/mol. The molecule has 0 bridgehead atoms. The van der Waals surface area contributed by atoms with Crippen molar-refractivity contribution in [3.8, 4) is 11.3 Å². The molecule has 2 aromatic carbocycles. The molecule has 1 aliphatic heterocycles. The van der Waals surface area contributed by atoms with Gasteiger partial charge in [0.05, 0.1) is 30.7 Å². The molecule has 0 atom stereocenters. The minimum Gasteiger partial charge on any atom is -0.378 e. The molecule has 0 aliphatic carbocycles. The van der Waals surface area contributed by atoms with Gasteiger partial charge in [-0.2, -0.15) is 5.10 Å². The van der Waals surface area contributed by atoms with Crippen molar-refractivity contribution in [2.45, 2.75) is 0 Å². The number of ether oxygens (including phenoxy) is 1. The number of nitrogens with zero attached hydrogens (tertiary/aromatic N) is 5. The molecule has 162 valence electrons. The summed E-state index contributed by atoms with van der Waals surface area (Å²) in [6.45, 7) is 3.21. The lowest BCUT2D eigenvalue weighted by Gasteiger charge is -2.28. The smallest absolute Gasteiger partial charge is 0.251 e. The van der Waals surface area contributed by atoms with Crippen LogP contribution in [0.15, 0.2) is 55.0 Å². The first kappa shape index (κ1) is 19.9. The molecule has 1 aliphatic rings. The van der Waals surface area contributed by atoms with E-state index in [-0.39, 0.29) is 5.56 Å². The third-order valence-corrected chi connectivity index (χ3v) is 5.34. The molecule has 0 saturated carbocycles. The summed E-state index contributed by atoms with van der Waals surface area (Å²) in [5.41, 5.74) is 8.51. The largest absolute Gasteiger partial charge is 0.378 e. The summed E-state index contributed by atoms with van der Waals surface area (Å²) in [6.07, 6.45) is 2.98. The van der Waals surface area contributed by atoms with Crippen LogP contribution in [0.5, 0.6) is 0 Å². The van der Waals surface area contributed by atoms with Crippen LogP contribution in [0.1, 0.15) is 10.4 Å². The van der Waals surface area contributed by atoms with E-state index in [0.29, 0.717) is 22.7 Å². The van der Waals surface area contributed by atoms with Gasteiger partial charge in [0.15, 0.2) is 11.5 Å². The van der Waals surface area contributed by atoms with E-state index in [1.54, 1.807) is 16.8 Å². The fraction of sp³-hybridized carbons (Fsp3) is 0.182. The average molecular weight is 433 g/mol. The fourth-order valence-corrected chi connectivity index (χ4v) is 3.69. The zero-order valence-electron chi connectivity index (χ0n) is 17.0. The highest BCUT2D eigenvalue weighted by atomic mass is 19.1. The van der Waals surface area contributed by atoms with Crippen LogP contribution in [0.2, 0.25) is 0 Å². The number of carbonyl (C=O) groups is 1. The summed E-state index contributed by atoms with van der Waals surface area (Å²) < 4.78 is 21.2. The number of anilines is 3. The molecule has 0 radical (unpaired) electrons. The van der Waals surface area contributed by atoms with Gasteiger partial charge in [-0.25, -0.2) is 18.9 Å². The van der Waals surface area contributed by atoms with Crippen LogP contribution in [0.25, 0.3) is 16.9 Å². The van der Waals surface area contributed by atoms with Crippen LogP contribution in [0, 0.1) is 5.82 Å². The quantitative estimate of drug-likeness (QED) is 0.498. The highest BCUT2D eigenvalue weighted by molar-refractivity contribution is 5.93. The lowest BCUT2D eigenvalue weighted by atomic mass is 10.1. The number of nitrogens with two attached hydrogens (primary N) is 1. The van der Waals surface area contributed by atoms with Gasteiger partial charge in [0.25, 0.3) is 5.91 Å². The maximum absolute atomic E-state index is 14.3. The molecule has 2 aromatic heterocycles. The minimum atomic E-state index is -0.822. The second-order valence-corrected chi connectivity index (χ2v) is 7.32. The molecule has 3 heterocycles. The first-order valence-electron chi connectivity index (χ1n) is 10.1. The SMILES string of the molecule is NC(=O)c1ccc(-c2cnc(Nc3ccc(N4CCOCC4)cc3)c3ncnn23)cc1F. The summed E-state index contributed by atoms with van der Waals surface area (Å²) in [5, 5.41) is 7.52. The third kappa shape index (κ3) is 3.71. The number of morpholine rings is 1. The predicted octanol–water partition coefficient (Wildman–Crippen LogP) is 2.61. The van der Waals surface area contributed by atoms with Gasteiger partial charge >= 0.3 is 0 Å². The van der Waals surface area contributed by atoms with Crippen LogP contribution in [-0.4, -0.2) is 51.8 Å². The standard InChI is InChI=1S/C22H20FN7O2/c23-18-11-14(1-6-17(18)20(24)31)19-12-25-21(22-26-13-27-30(19)22)28-15-2-4-16(5-3-15)29-7-9-32-10-8-29/h1-6,11-13H,7-10H2,(H2,24,31)(H,25,28). The number of hydrogen-bond donors (Lipinski definition) is 2. The zero-order valence-corrected chi connectivity index (χ0v) is 17.0. The Morgan fingerprint density at radius 1 is 1.09 bits per heavy atom. The number of aromatic nitrogens is 4. The molecular formula is C22H20FN7O2. The van der Waals surface area contributed by atoms with Crippen LogP contribution in [0.3, 0.4) is 0 Å². The Balaban J connectivity index is 1.42. The van der Waals surface area contributed by atoms with Crippen molar-refractivity contribution >= 4 is 28.7 Å². The predicted molar refractivity (Wildman–Crippen MR) is 117 cm³/mol. The van der Waals surface area contributed by atoms with Gasteiger partial charge in [-0.3, -0.25) is 4.79 Å². The van der Waals surface area contributed by atoms with Crippen LogP contribution in [0.4, 0.5) is 21.6 Å². The van der Waals surface area contributed by atoms with Crippen molar-refractivity contribution in [1.29, 1.82) is 0 Å².